The Morgan fingerprint density at radius 1 is 1.45 bits per heavy atom. The van der Waals surface area contributed by atoms with Crippen LogP contribution in [-0.4, -0.2) is 48.0 Å². The molecule has 0 amide bonds. The molecule has 1 atom stereocenters. The Hall–Kier alpha value is -0.920. The van der Waals surface area contributed by atoms with Gasteiger partial charge in [0.15, 0.2) is 9.84 Å². The molecule has 1 fully saturated rings. The summed E-state index contributed by atoms with van der Waals surface area (Å²) in [5.74, 6) is 0.806. The van der Waals surface area contributed by atoms with Crippen LogP contribution in [0.3, 0.4) is 0 Å². The molecule has 2 aliphatic heterocycles. The van der Waals surface area contributed by atoms with Gasteiger partial charge in [0.2, 0.25) is 0 Å². The van der Waals surface area contributed by atoms with Crippen LogP contribution in [0, 0.1) is 5.92 Å². The second kappa shape index (κ2) is 5.46. The van der Waals surface area contributed by atoms with Crippen molar-refractivity contribution in [2.45, 2.75) is 32.4 Å². The van der Waals surface area contributed by atoms with E-state index in [2.05, 4.69) is 10.4 Å². The first-order valence-corrected chi connectivity index (χ1v) is 9.00. The lowest BCUT2D eigenvalue weighted by Gasteiger charge is -2.15. The van der Waals surface area contributed by atoms with Crippen molar-refractivity contribution in [3.05, 3.63) is 17.0 Å². The number of aliphatic hydroxyl groups is 1. The molecule has 3 heterocycles. The molecule has 0 saturated carbocycles. The molecule has 1 saturated heterocycles. The topological polar surface area (TPSA) is 84.2 Å². The molecule has 0 bridgehead atoms. The van der Waals surface area contributed by atoms with Crippen LogP contribution in [0.4, 0.5) is 0 Å². The second-order valence-electron chi connectivity index (χ2n) is 5.72. The molecule has 20 heavy (non-hydrogen) atoms. The summed E-state index contributed by atoms with van der Waals surface area (Å²) >= 11 is 0. The van der Waals surface area contributed by atoms with E-state index in [1.165, 1.54) is 11.3 Å². The number of sulfone groups is 1. The SMILES string of the molecule is O=S1(=O)CCC(Cc2nn(CCO)c3c2CNCC3)C1. The van der Waals surface area contributed by atoms with E-state index in [1.807, 2.05) is 4.68 Å². The maximum Gasteiger partial charge on any atom is 0.150 e. The average Bonchev–Trinajstić information content (AvgIpc) is 2.93. The van der Waals surface area contributed by atoms with Crippen LogP contribution in [0.2, 0.25) is 0 Å². The first-order chi connectivity index (χ1) is 9.59. The monoisotopic (exact) mass is 299 g/mol. The summed E-state index contributed by atoms with van der Waals surface area (Å²) in [7, 11) is -2.83. The normalized spacial score (nSPS) is 24.8. The first kappa shape index (κ1) is 14.0. The summed E-state index contributed by atoms with van der Waals surface area (Å²) in [4.78, 5) is 0. The number of aromatic nitrogens is 2. The van der Waals surface area contributed by atoms with Crippen molar-refractivity contribution >= 4 is 9.84 Å². The minimum absolute atomic E-state index is 0.0821. The van der Waals surface area contributed by atoms with Gasteiger partial charge in [0, 0.05) is 30.8 Å². The van der Waals surface area contributed by atoms with Gasteiger partial charge < -0.3 is 10.4 Å². The van der Waals surface area contributed by atoms with E-state index in [1.54, 1.807) is 0 Å². The summed E-state index contributed by atoms with van der Waals surface area (Å²) in [6.45, 7) is 2.33. The lowest BCUT2D eigenvalue weighted by molar-refractivity contribution is 0.266. The summed E-state index contributed by atoms with van der Waals surface area (Å²) in [5.41, 5.74) is 3.44. The quantitative estimate of drug-likeness (QED) is 0.783. The first-order valence-electron chi connectivity index (χ1n) is 7.18. The van der Waals surface area contributed by atoms with Crippen LogP contribution in [0.15, 0.2) is 0 Å². The molecule has 1 aromatic heterocycles. The Morgan fingerprint density at radius 3 is 3.00 bits per heavy atom. The zero-order valence-electron chi connectivity index (χ0n) is 11.5. The van der Waals surface area contributed by atoms with E-state index >= 15 is 0 Å². The van der Waals surface area contributed by atoms with Gasteiger partial charge in [0.05, 0.1) is 30.4 Å². The van der Waals surface area contributed by atoms with E-state index in [9.17, 15) is 8.42 Å². The van der Waals surface area contributed by atoms with Gasteiger partial charge in [-0.3, -0.25) is 4.68 Å². The Labute approximate surface area is 119 Å². The van der Waals surface area contributed by atoms with Crippen LogP contribution in [0.5, 0.6) is 0 Å². The van der Waals surface area contributed by atoms with Gasteiger partial charge in [-0.1, -0.05) is 0 Å². The lowest BCUT2D eigenvalue weighted by atomic mass is 9.98. The Kier molecular flexibility index (Phi) is 3.83. The van der Waals surface area contributed by atoms with E-state index < -0.39 is 9.84 Å². The van der Waals surface area contributed by atoms with Crippen LogP contribution in [0.1, 0.15) is 23.4 Å². The van der Waals surface area contributed by atoms with E-state index in [4.69, 9.17) is 5.11 Å². The van der Waals surface area contributed by atoms with E-state index in [0.29, 0.717) is 18.1 Å². The summed E-state index contributed by atoms with van der Waals surface area (Å²) < 4.78 is 25.0. The lowest BCUT2D eigenvalue weighted by Crippen LogP contribution is -2.25. The highest BCUT2D eigenvalue weighted by molar-refractivity contribution is 7.91. The third kappa shape index (κ3) is 2.75. The summed E-state index contributed by atoms with van der Waals surface area (Å²) in [5, 5.41) is 17.1. The number of nitrogens with zero attached hydrogens (tertiary/aromatic N) is 2. The van der Waals surface area contributed by atoms with Crippen molar-refractivity contribution in [3.8, 4) is 0 Å². The molecule has 7 heteroatoms. The van der Waals surface area contributed by atoms with Gasteiger partial charge in [-0.15, -0.1) is 0 Å². The highest BCUT2D eigenvalue weighted by Crippen LogP contribution is 2.26. The third-order valence-corrected chi connectivity index (χ3v) is 6.05. The standard InChI is InChI=1S/C13H21N3O3S/c17-5-4-16-13-1-3-14-8-11(13)12(15-16)7-10-2-6-20(18,19)9-10/h10,14,17H,1-9H2. The molecule has 112 valence electrons. The smallest absolute Gasteiger partial charge is 0.150 e. The van der Waals surface area contributed by atoms with E-state index in [-0.39, 0.29) is 12.5 Å². The number of fused-ring (bicyclic) bond motifs is 1. The van der Waals surface area contributed by atoms with Crippen molar-refractivity contribution < 1.29 is 13.5 Å². The van der Waals surface area contributed by atoms with Gasteiger partial charge in [-0.2, -0.15) is 5.10 Å². The van der Waals surface area contributed by atoms with Gasteiger partial charge in [-0.05, 0) is 18.8 Å². The third-order valence-electron chi connectivity index (χ3n) is 4.21. The van der Waals surface area contributed by atoms with Crippen molar-refractivity contribution in [2.75, 3.05) is 24.7 Å². The Bertz CT molecular complexity index is 594. The minimum Gasteiger partial charge on any atom is -0.394 e. The molecule has 0 aromatic carbocycles. The van der Waals surface area contributed by atoms with Crippen LogP contribution >= 0.6 is 0 Å². The maximum atomic E-state index is 11.6. The van der Waals surface area contributed by atoms with Crippen molar-refractivity contribution in [1.82, 2.24) is 15.1 Å². The summed E-state index contributed by atoms with van der Waals surface area (Å²) in [6, 6.07) is 0. The highest BCUT2D eigenvalue weighted by atomic mass is 32.2. The molecule has 3 rings (SSSR count). The molecular weight excluding hydrogens is 278 g/mol. The van der Waals surface area contributed by atoms with Crippen molar-refractivity contribution in [3.63, 3.8) is 0 Å². The molecule has 0 spiro atoms. The molecule has 1 aromatic rings. The minimum atomic E-state index is -2.83. The largest absolute Gasteiger partial charge is 0.394 e. The number of nitrogens with one attached hydrogen (secondary N) is 1. The molecule has 6 nitrogen and oxygen atoms in total. The van der Waals surface area contributed by atoms with Crippen LogP contribution in [0.25, 0.3) is 0 Å². The van der Waals surface area contributed by atoms with Gasteiger partial charge in [0.1, 0.15) is 0 Å². The Balaban J connectivity index is 1.82. The van der Waals surface area contributed by atoms with E-state index in [0.717, 1.165) is 38.0 Å². The van der Waals surface area contributed by atoms with Crippen LogP contribution < -0.4 is 5.32 Å². The molecule has 0 aliphatic carbocycles. The molecule has 1 unspecified atom stereocenters. The fourth-order valence-corrected chi connectivity index (χ4v) is 5.10. The molecule has 0 radical (unpaired) electrons. The number of hydrogen-bond donors (Lipinski definition) is 2. The predicted octanol–water partition coefficient (Wildman–Crippen LogP) is -0.502. The van der Waals surface area contributed by atoms with Crippen LogP contribution in [-0.2, 0) is 35.8 Å². The van der Waals surface area contributed by atoms with Gasteiger partial charge in [0.25, 0.3) is 0 Å². The molecule has 2 aliphatic rings. The summed E-state index contributed by atoms with van der Waals surface area (Å²) in [6.07, 6.45) is 2.41. The van der Waals surface area contributed by atoms with Crippen molar-refractivity contribution in [2.24, 2.45) is 5.92 Å². The predicted molar refractivity (Wildman–Crippen MR) is 75.2 cm³/mol. The second-order valence-corrected chi connectivity index (χ2v) is 7.95. The average molecular weight is 299 g/mol. The van der Waals surface area contributed by atoms with Gasteiger partial charge in [-0.25, -0.2) is 8.42 Å². The number of hydrogen-bond acceptors (Lipinski definition) is 5. The fourth-order valence-electron chi connectivity index (χ4n) is 3.24. The zero-order chi connectivity index (χ0) is 14.2. The highest BCUT2D eigenvalue weighted by Gasteiger charge is 2.30. The number of rotatable bonds is 4. The Morgan fingerprint density at radius 2 is 2.30 bits per heavy atom. The molecule has 2 N–H and O–H groups in total. The fraction of sp³-hybridized carbons (Fsp3) is 0.769. The van der Waals surface area contributed by atoms with Crippen molar-refractivity contribution in [1.29, 1.82) is 0 Å². The zero-order valence-corrected chi connectivity index (χ0v) is 12.3. The number of aliphatic hydroxyl groups excluding tert-OH is 1. The van der Waals surface area contributed by atoms with Gasteiger partial charge >= 0.3 is 0 Å². The molecular formula is C13H21N3O3S. The maximum absolute atomic E-state index is 11.6.